The highest BCUT2D eigenvalue weighted by molar-refractivity contribution is 6.32. The van der Waals surface area contributed by atoms with Crippen LogP contribution in [0.2, 0.25) is 5.15 Å². The van der Waals surface area contributed by atoms with Gasteiger partial charge in [-0.05, 0) is 24.3 Å². The minimum Gasteiger partial charge on any atom is -0.454 e. The third-order valence-corrected chi connectivity index (χ3v) is 2.57. The van der Waals surface area contributed by atoms with Gasteiger partial charge in [0.1, 0.15) is 10.8 Å². The van der Waals surface area contributed by atoms with E-state index in [0.29, 0.717) is 0 Å². The number of carbonyl (C=O) groups excluding carboxylic acids is 2. The number of carbonyl (C=O) groups is 2. The number of esters is 1. The third kappa shape index (κ3) is 3.35. The zero-order valence-corrected chi connectivity index (χ0v) is 10.5. The van der Waals surface area contributed by atoms with Crippen LogP contribution in [0, 0.1) is 0 Å². The molecule has 0 spiro atoms. The van der Waals surface area contributed by atoms with Crippen LogP contribution in [0.5, 0.6) is 0 Å². The summed E-state index contributed by atoms with van der Waals surface area (Å²) in [6, 6.07) is 7.96. The summed E-state index contributed by atoms with van der Waals surface area (Å²) in [4.78, 5) is 31.0. The lowest BCUT2D eigenvalue weighted by atomic mass is 10.2. The molecular weight excluding hydrogens is 268 g/mol. The van der Waals surface area contributed by atoms with E-state index in [1.807, 2.05) is 0 Å². The van der Waals surface area contributed by atoms with Crippen molar-refractivity contribution >= 4 is 23.4 Å². The molecule has 0 fully saturated rings. The number of pyridine rings is 2. The molecule has 5 nitrogen and oxygen atoms in total. The number of ether oxygens (including phenoxy) is 1. The predicted octanol–water partition coefficient (Wildman–Crippen LogP) is 2.17. The lowest BCUT2D eigenvalue weighted by Gasteiger charge is -2.04. The van der Waals surface area contributed by atoms with Gasteiger partial charge in [-0.15, -0.1) is 0 Å². The van der Waals surface area contributed by atoms with Gasteiger partial charge in [0, 0.05) is 12.4 Å². The van der Waals surface area contributed by atoms with Crippen molar-refractivity contribution in [3.8, 4) is 0 Å². The molecule has 0 aliphatic carbocycles. The van der Waals surface area contributed by atoms with Crippen molar-refractivity contribution in [2.24, 2.45) is 0 Å². The second kappa shape index (κ2) is 6.06. The summed E-state index contributed by atoms with van der Waals surface area (Å²) in [7, 11) is 0. The molecule has 0 aliphatic rings. The smallest absolute Gasteiger partial charge is 0.341 e. The SMILES string of the molecule is O=C(COC(=O)c1cccnc1Cl)c1ccccn1. The molecular formula is C13H9ClN2O3. The van der Waals surface area contributed by atoms with Gasteiger partial charge in [0.15, 0.2) is 6.61 Å². The Morgan fingerprint density at radius 2 is 1.89 bits per heavy atom. The van der Waals surface area contributed by atoms with E-state index in [9.17, 15) is 9.59 Å². The summed E-state index contributed by atoms with van der Waals surface area (Å²) in [5.41, 5.74) is 0.366. The lowest BCUT2D eigenvalue weighted by Crippen LogP contribution is -2.15. The minimum absolute atomic E-state index is 0.0396. The van der Waals surface area contributed by atoms with Crippen molar-refractivity contribution in [3.63, 3.8) is 0 Å². The molecule has 96 valence electrons. The Labute approximate surface area is 114 Å². The molecule has 2 heterocycles. The molecule has 2 aromatic rings. The van der Waals surface area contributed by atoms with E-state index < -0.39 is 5.97 Å². The van der Waals surface area contributed by atoms with E-state index in [4.69, 9.17) is 16.3 Å². The molecule has 0 unspecified atom stereocenters. The Morgan fingerprint density at radius 1 is 1.11 bits per heavy atom. The fourth-order valence-corrected chi connectivity index (χ4v) is 1.55. The van der Waals surface area contributed by atoms with Gasteiger partial charge < -0.3 is 4.74 Å². The standard InChI is InChI=1S/C13H9ClN2O3/c14-12-9(4-3-7-16-12)13(18)19-8-11(17)10-5-1-2-6-15-10/h1-7H,8H2. The lowest BCUT2D eigenvalue weighted by molar-refractivity contribution is 0.0473. The fraction of sp³-hybridized carbons (Fsp3) is 0.0769. The second-order valence-corrected chi connectivity index (χ2v) is 3.91. The van der Waals surface area contributed by atoms with Gasteiger partial charge in [-0.25, -0.2) is 9.78 Å². The molecule has 0 amide bonds. The number of Topliss-reactive ketones (excluding diaryl/α,β-unsaturated/α-hetero) is 1. The Morgan fingerprint density at radius 3 is 2.58 bits per heavy atom. The van der Waals surface area contributed by atoms with Crippen LogP contribution in [0.25, 0.3) is 0 Å². The molecule has 0 atom stereocenters. The van der Waals surface area contributed by atoms with Gasteiger partial charge in [0.25, 0.3) is 0 Å². The Kier molecular flexibility index (Phi) is 4.20. The summed E-state index contributed by atoms with van der Waals surface area (Å²) in [6.45, 7) is -0.388. The van der Waals surface area contributed by atoms with Gasteiger partial charge in [-0.1, -0.05) is 17.7 Å². The van der Waals surface area contributed by atoms with Crippen LogP contribution in [-0.2, 0) is 4.74 Å². The van der Waals surface area contributed by atoms with Gasteiger partial charge in [-0.3, -0.25) is 9.78 Å². The molecule has 19 heavy (non-hydrogen) atoms. The number of aromatic nitrogens is 2. The normalized spacial score (nSPS) is 9.95. The maximum Gasteiger partial charge on any atom is 0.341 e. The highest BCUT2D eigenvalue weighted by atomic mass is 35.5. The molecule has 6 heteroatoms. The zero-order chi connectivity index (χ0) is 13.7. The zero-order valence-electron chi connectivity index (χ0n) is 9.75. The van der Waals surface area contributed by atoms with E-state index in [0.717, 1.165) is 0 Å². The first-order valence-electron chi connectivity index (χ1n) is 5.40. The van der Waals surface area contributed by atoms with Crippen LogP contribution < -0.4 is 0 Å². The van der Waals surface area contributed by atoms with Gasteiger partial charge in [-0.2, -0.15) is 0 Å². The quantitative estimate of drug-likeness (QED) is 0.486. The van der Waals surface area contributed by atoms with Crippen LogP contribution in [0.1, 0.15) is 20.8 Å². The van der Waals surface area contributed by atoms with E-state index in [1.54, 1.807) is 24.3 Å². The van der Waals surface area contributed by atoms with E-state index in [2.05, 4.69) is 9.97 Å². The van der Waals surface area contributed by atoms with Crippen LogP contribution in [0.4, 0.5) is 0 Å². The number of rotatable bonds is 4. The molecule has 0 saturated carbocycles. The first-order valence-corrected chi connectivity index (χ1v) is 5.78. The van der Waals surface area contributed by atoms with Crippen molar-refractivity contribution < 1.29 is 14.3 Å². The summed E-state index contributed by atoms with van der Waals surface area (Å²) in [6.07, 6.45) is 2.95. The Hall–Kier alpha value is -2.27. The maximum absolute atomic E-state index is 11.7. The van der Waals surface area contributed by atoms with Crippen molar-refractivity contribution in [1.82, 2.24) is 9.97 Å². The predicted molar refractivity (Wildman–Crippen MR) is 68.1 cm³/mol. The van der Waals surface area contributed by atoms with Gasteiger partial charge in [0.2, 0.25) is 5.78 Å². The molecule has 0 N–H and O–H groups in total. The van der Waals surface area contributed by atoms with Crippen LogP contribution in [0.3, 0.4) is 0 Å². The molecule has 2 rings (SSSR count). The number of hydrogen-bond acceptors (Lipinski definition) is 5. The molecule has 0 bridgehead atoms. The first kappa shape index (κ1) is 13.2. The van der Waals surface area contributed by atoms with E-state index >= 15 is 0 Å². The van der Waals surface area contributed by atoms with Crippen LogP contribution in [-0.4, -0.2) is 28.3 Å². The van der Waals surface area contributed by atoms with E-state index in [1.165, 1.54) is 18.5 Å². The van der Waals surface area contributed by atoms with Gasteiger partial charge >= 0.3 is 5.97 Å². The summed E-state index contributed by atoms with van der Waals surface area (Å²) in [5, 5.41) is 0.0396. The first-order chi connectivity index (χ1) is 9.18. The highest BCUT2D eigenvalue weighted by Crippen LogP contribution is 2.12. The summed E-state index contributed by atoms with van der Waals surface area (Å²) in [5.74, 6) is -1.07. The van der Waals surface area contributed by atoms with Crippen molar-refractivity contribution in [1.29, 1.82) is 0 Å². The Bertz CT molecular complexity index is 602. The average Bonchev–Trinajstić information content (AvgIpc) is 2.46. The minimum atomic E-state index is -0.692. The summed E-state index contributed by atoms with van der Waals surface area (Å²) < 4.78 is 4.87. The topological polar surface area (TPSA) is 69.2 Å². The maximum atomic E-state index is 11.7. The van der Waals surface area contributed by atoms with Crippen molar-refractivity contribution in [2.75, 3.05) is 6.61 Å². The number of nitrogens with zero attached hydrogens (tertiary/aromatic N) is 2. The van der Waals surface area contributed by atoms with Crippen molar-refractivity contribution in [2.45, 2.75) is 0 Å². The second-order valence-electron chi connectivity index (χ2n) is 3.56. The molecule has 0 saturated heterocycles. The average molecular weight is 277 g/mol. The number of ketones is 1. The molecule has 2 aromatic heterocycles. The van der Waals surface area contributed by atoms with Gasteiger partial charge in [0.05, 0.1) is 5.56 Å². The highest BCUT2D eigenvalue weighted by Gasteiger charge is 2.15. The van der Waals surface area contributed by atoms with E-state index in [-0.39, 0.29) is 28.8 Å². The number of hydrogen-bond donors (Lipinski definition) is 0. The fourth-order valence-electron chi connectivity index (χ4n) is 1.35. The van der Waals surface area contributed by atoms with Crippen LogP contribution >= 0.6 is 11.6 Å². The molecule has 0 aromatic carbocycles. The Balaban J connectivity index is 1.98. The largest absolute Gasteiger partial charge is 0.454 e. The monoisotopic (exact) mass is 276 g/mol. The third-order valence-electron chi connectivity index (χ3n) is 2.26. The van der Waals surface area contributed by atoms with Crippen LogP contribution in [0.15, 0.2) is 42.7 Å². The summed E-state index contributed by atoms with van der Waals surface area (Å²) >= 11 is 5.74. The molecule has 0 aliphatic heterocycles. The van der Waals surface area contributed by atoms with Crippen molar-refractivity contribution in [3.05, 3.63) is 59.1 Å². The molecule has 0 radical (unpaired) electrons. The number of halogens is 1.